The third-order valence-corrected chi connectivity index (χ3v) is 2.79. The summed E-state index contributed by atoms with van der Waals surface area (Å²) in [4.78, 5) is 6.17. The van der Waals surface area contributed by atoms with Gasteiger partial charge in [-0.2, -0.15) is 0 Å². The Morgan fingerprint density at radius 2 is 1.88 bits per heavy atom. The second kappa shape index (κ2) is 4.63. The van der Waals surface area contributed by atoms with E-state index in [9.17, 15) is 0 Å². The largest absolute Gasteiger partial charge is 0.497 e. The number of hydrogen-bond acceptors (Lipinski definition) is 3. The molecule has 0 saturated heterocycles. The number of nitrogens with one attached hydrogen (secondary N) is 2. The standard InChI is InChI=1S/C12H14N2O2S/c1-7-11(14-12(17)13-7)9-6-8(15-2)4-5-10(9)16-3/h4-6H,1-3H3,(H2,13,14,17). The van der Waals surface area contributed by atoms with Gasteiger partial charge in [-0.15, -0.1) is 0 Å². The van der Waals surface area contributed by atoms with E-state index in [2.05, 4.69) is 9.97 Å². The molecular weight excluding hydrogens is 236 g/mol. The summed E-state index contributed by atoms with van der Waals surface area (Å²) in [5, 5.41) is 0. The molecule has 4 nitrogen and oxygen atoms in total. The van der Waals surface area contributed by atoms with Crippen LogP contribution in [0.2, 0.25) is 0 Å². The van der Waals surface area contributed by atoms with Gasteiger partial charge in [0, 0.05) is 11.3 Å². The second-order valence-electron chi connectivity index (χ2n) is 3.65. The van der Waals surface area contributed by atoms with Crippen LogP contribution in [0.3, 0.4) is 0 Å². The molecule has 1 aromatic carbocycles. The first-order chi connectivity index (χ1) is 8.15. The molecule has 2 rings (SSSR count). The fraction of sp³-hybridized carbons (Fsp3) is 0.250. The SMILES string of the molecule is COc1ccc(OC)c(-c2[nH]c(=S)[nH]c2C)c1. The van der Waals surface area contributed by atoms with Gasteiger partial charge in [0.1, 0.15) is 11.5 Å². The fourth-order valence-electron chi connectivity index (χ4n) is 1.75. The van der Waals surface area contributed by atoms with Crippen LogP contribution in [-0.4, -0.2) is 24.2 Å². The molecule has 17 heavy (non-hydrogen) atoms. The van der Waals surface area contributed by atoms with Crippen molar-refractivity contribution in [2.24, 2.45) is 0 Å². The van der Waals surface area contributed by atoms with Gasteiger partial charge in [0.05, 0.1) is 19.9 Å². The predicted octanol–water partition coefficient (Wildman–Crippen LogP) is 3.06. The predicted molar refractivity (Wildman–Crippen MR) is 69.3 cm³/mol. The van der Waals surface area contributed by atoms with E-state index in [-0.39, 0.29) is 0 Å². The van der Waals surface area contributed by atoms with Crippen molar-refractivity contribution in [1.29, 1.82) is 0 Å². The molecule has 0 unspecified atom stereocenters. The van der Waals surface area contributed by atoms with E-state index in [1.54, 1.807) is 14.2 Å². The van der Waals surface area contributed by atoms with Gasteiger partial charge in [0.15, 0.2) is 4.77 Å². The maximum atomic E-state index is 5.34. The van der Waals surface area contributed by atoms with Gasteiger partial charge < -0.3 is 19.4 Å². The molecule has 1 aromatic heterocycles. The average Bonchev–Trinajstić information content (AvgIpc) is 2.67. The Kier molecular flexibility index (Phi) is 3.19. The van der Waals surface area contributed by atoms with E-state index in [0.29, 0.717) is 4.77 Å². The van der Waals surface area contributed by atoms with Crippen LogP contribution >= 0.6 is 12.2 Å². The quantitative estimate of drug-likeness (QED) is 0.823. The Labute approximate surface area is 105 Å². The Hall–Kier alpha value is -1.75. The van der Waals surface area contributed by atoms with Crippen LogP contribution in [0, 0.1) is 11.7 Å². The number of H-pyrrole nitrogens is 2. The summed E-state index contributed by atoms with van der Waals surface area (Å²) < 4.78 is 11.2. The Bertz CT molecular complexity index is 586. The number of hydrogen-bond donors (Lipinski definition) is 2. The molecule has 0 fully saturated rings. The number of aromatic amines is 2. The molecule has 0 atom stereocenters. The number of rotatable bonds is 3. The first-order valence-corrected chi connectivity index (χ1v) is 5.58. The van der Waals surface area contributed by atoms with Crippen molar-refractivity contribution < 1.29 is 9.47 Å². The molecule has 0 spiro atoms. The number of aromatic nitrogens is 2. The second-order valence-corrected chi connectivity index (χ2v) is 4.05. The zero-order valence-corrected chi connectivity index (χ0v) is 10.8. The molecule has 2 aromatic rings. The fourth-order valence-corrected chi connectivity index (χ4v) is 2.01. The van der Waals surface area contributed by atoms with Crippen LogP contribution in [0.25, 0.3) is 11.3 Å². The zero-order chi connectivity index (χ0) is 12.4. The Morgan fingerprint density at radius 3 is 2.41 bits per heavy atom. The molecule has 0 radical (unpaired) electrons. The molecule has 0 aliphatic carbocycles. The van der Waals surface area contributed by atoms with Crippen molar-refractivity contribution in [3.63, 3.8) is 0 Å². The minimum atomic E-state index is 0.599. The molecule has 90 valence electrons. The number of ether oxygens (including phenoxy) is 2. The lowest BCUT2D eigenvalue weighted by atomic mass is 10.1. The molecule has 5 heteroatoms. The van der Waals surface area contributed by atoms with E-state index in [0.717, 1.165) is 28.5 Å². The lowest BCUT2D eigenvalue weighted by molar-refractivity contribution is 0.404. The number of benzene rings is 1. The van der Waals surface area contributed by atoms with Gasteiger partial charge >= 0.3 is 0 Å². The maximum Gasteiger partial charge on any atom is 0.175 e. The summed E-state index contributed by atoms with van der Waals surface area (Å²) in [6.45, 7) is 1.96. The molecule has 0 aliphatic heterocycles. The van der Waals surface area contributed by atoms with Crippen molar-refractivity contribution in [3.05, 3.63) is 28.7 Å². The highest BCUT2D eigenvalue weighted by Crippen LogP contribution is 2.33. The van der Waals surface area contributed by atoms with E-state index < -0.39 is 0 Å². The van der Waals surface area contributed by atoms with Gasteiger partial charge in [-0.3, -0.25) is 0 Å². The monoisotopic (exact) mass is 250 g/mol. The van der Waals surface area contributed by atoms with Gasteiger partial charge in [-0.1, -0.05) is 0 Å². The zero-order valence-electron chi connectivity index (χ0n) is 9.96. The van der Waals surface area contributed by atoms with Gasteiger partial charge in [-0.05, 0) is 37.3 Å². The number of methoxy groups -OCH3 is 2. The van der Waals surface area contributed by atoms with Crippen molar-refractivity contribution >= 4 is 12.2 Å². The van der Waals surface area contributed by atoms with Crippen molar-refractivity contribution in [1.82, 2.24) is 9.97 Å². The number of imidazole rings is 1. The van der Waals surface area contributed by atoms with Gasteiger partial charge in [-0.25, -0.2) is 0 Å². The molecule has 1 heterocycles. The molecular formula is C12H14N2O2S. The van der Waals surface area contributed by atoms with E-state index in [4.69, 9.17) is 21.7 Å². The van der Waals surface area contributed by atoms with E-state index in [1.165, 1.54) is 0 Å². The first kappa shape index (κ1) is 11.7. The van der Waals surface area contributed by atoms with Crippen molar-refractivity contribution in [2.45, 2.75) is 6.92 Å². The molecule has 2 N–H and O–H groups in total. The highest BCUT2D eigenvalue weighted by Gasteiger charge is 2.11. The summed E-state index contributed by atoms with van der Waals surface area (Å²) in [6.07, 6.45) is 0. The van der Waals surface area contributed by atoms with E-state index >= 15 is 0 Å². The van der Waals surface area contributed by atoms with Crippen LogP contribution in [0.5, 0.6) is 11.5 Å². The van der Waals surface area contributed by atoms with Gasteiger partial charge in [0.25, 0.3) is 0 Å². The van der Waals surface area contributed by atoms with Crippen LogP contribution in [0.1, 0.15) is 5.69 Å². The highest BCUT2D eigenvalue weighted by molar-refractivity contribution is 7.71. The molecule has 0 bridgehead atoms. The lowest BCUT2D eigenvalue weighted by Crippen LogP contribution is -1.91. The summed E-state index contributed by atoms with van der Waals surface area (Å²) in [6, 6.07) is 5.65. The molecule has 0 amide bonds. The maximum absolute atomic E-state index is 5.34. The normalized spacial score (nSPS) is 10.3. The minimum Gasteiger partial charge on any atom is -0.497 e. The Morgan fingerprint density at radius 1 is 1.12 bits per heavy atom. The molecule has 0 aliphatic rings. The van der Waals surface area contributed by atoms with Crippen LogP contribution in [-0.2, 0) is 0 Å². The third-order valence-electron chi connectivity index (χ3n) is 2.59. The third kappa shape index (κ3) is 2.19. The van der Waals surface area contributed by atoms with Crippen LogP contribution < -0.4 is 9.47 Å². The molecule has 0 saturated carbocycles. The summed E-state index contributed by atoms with van der Waals surface area (Å²) in [7, 11) is 3.28. The number of aryl methyl sites for hydroxylation is 1. The summed E-state index contributed by atoms with van der Waals surface area (Å²) in [5.41, 5.74) is 2.82. The summed E-state index contributed by atoms with van der Waals surface area (Å²) >= 11 is 5.08. The topological polar surface area (TPSA) is 50.0 Å². The van der Waals surface area contributed by atoms with Crippen molar-refractivity contribution in [2.75, 3.05) is 14.2 Å². The first-order valence-electron chi connectivity index (χ1n) is 5.17. The van der Waals surface area contributed by atoms with Gasteiger partial charge in [0.2, 0.25) is 0 Å². The lowest BCUT2D eigenvalue weighted by Gasteiger charge is -2.09. The van der Waals surface area contributed by atoms with Crippen molar-refractivity contribution in [3.8, 4) is 22.8 Å². The van der Waals surface area contributed by atoms with Crippen LogP contribution in [0.15, 0.2) is 18.2 Å². The highest BCUT2D eigenvalue weighted by atomic mass is 32.1. The Balaban J connectivity index is 2.63. The average molecular weight is 250 g/mol. The van der Waals surface area contributed by atoms with E-state index in [1.807, 2.05) is 25.1 Å². The smallest absolute Gasteiger partial charge is 0.175 e. The van der Waals surface area contributed by atoms with Crippen LogP contribution in [0.4, 0.5) is 0 Å². The minimum absolute atomic E-state index is 0.599. The summed E-state index contributed by atoms with van der Waals surface area (Å²) in [5.74, 6) is 1.56.